The van der Waals surface area contributed by atoms with Crippen LogP contribution >= 0.6 is 0 Å². The molecule has 21 heavy (non-hydrogen) atoms. The number of hydrogen-bond acceptors (Lipinski definition) is 3. The fraction of sp³-hybridized carbons (Fsp3) is 0.438. The molecule has 4 rings (SSSR count). The average Bonchev–Trinajstić information content (AvgIpc) is 3.17. The highest BCUT2D eigenvalue weighted by molar-refractivity contribution is 5.78. The summed E-state index contributed by atoms with van der Waals surface area (Å²) in [4.78, 5) is 12.7. The second-order valence-electron chi connectivity index (χ2n) is 5.92. The fourth-order valence-corrected chi connectivity index (χ4v) is 3.24. The van der Waals surface area contributed by atoms with Gasteiger partial charge in [0.25, 0.3) is 0 Å². The maximum Gasteiger partial charge on any atom is 0.177 e. The van der Waals surface area contributed by atoms with Crippen LogP contribution in [0.25, 0.3) is 22.7 Å². The number of hydrogen-bond donors (Lipinski definition) is 1. The summed E-state index contributed by atoms with van der Waals surface area (Å²) in [7, 11) is 0. The van der Waals surface area contributed by atoms with E-state index < -0.39 is 0 Å². The molecule has 3 aromatic rings. The number of aryl methyl sites for hydroxylation is 2. The van der Waals surface area contributed by atoms with Crippen molar-refractivity contribution in [3.05, 3.63) is 29.6 Å². The fourth-order valence-electron chi connectivity index (χ4n) is 3.24. The number of aromatic nitrogens is 5. The Morgan fingerprint density at radius 3 is 2.71 bits per heavy atom. The first-order valence-electron chi connectivity index (χ1n) is 7.61. The lowest BCUT2D eigenvalue weighted by atomic mass is 10.2. The van der Waals surface area contributed by atoms with E-state index in [2.05, 4.69) is 19.7 Å². The first-order valence-corrected chi connectivity index (χ1v) is 7.61. The van der Waals surface area contributed by atoms with Crippen molar-refractivity contribution in [2.45, 2.75) is 45.6 Å². The monoisotopic (exact) mass is 281 g/mol. The number of imidazole rings is 1. The molecule has 1 fully saturated rings. The first-order chi connectivity index (χ1) is 10.2. The van der Waals surface area contributed by atoms with Crippen LogP contribution in [0.2, 0.25) is 0 Å². The van der Waals surface area contributed by atoms with E-state index >= 15 is 0 Å². The molecule has 3 heterocycles. The Hall–Kier alpha value is -2.17. The summed E-state index contributed by atoms with van der Waals surface area (Å²) in [6.07, 6.45) is 5.01. The largest absolute Gasteiger partial charge is 0.334 e. The molecule has 0 aliphatic heterocycles. The van der Waals surface area contributed by atoms with Crippen LogP contribution in [-0.2, 0) is 0 Å². The molecule has 0 atom stereocenters. The minimum absolute atomic E-state index is 0.503. The molecular formula is C16H19N5. The zero-order valence-electron chi connectivity index (χ0n) is 12.4. The summed E-state index contributed by atoms with van der Waals surface area (Å²) >= 11 is 0. The van der Waals surface area contributed by atoms with Gasteiger partial charge in [-0.2, -0.15) is 5.10 Å². The summed E-state index contributed by atoms with van der Waals surface area (Å²) in [5.41, 5.74) is 4.92. The van der Waals surface area contributed by atoms with Crippen LogP contribution < -0.4 is 0 Å². The van der Waals surface area contributed by atoms with Crippen molar-refractivity contribution < 1.29 is 0 Å². The van der Waals surface area contributed by atoms with Crippen molar-refractivity contribution in [1.82, 2.24) is 24.7 Å². The van der Waals surface area contributed by atoms with Gasteiger partial charge in [0.1, 0.15) is 11.2 Å². The number of nitrogens with one attached hydrogen (secondary N) is 1. The summed E-state index contributed by atoms with van der Waals surface area (Å²) < 4.78 is 2.12. The Kier molecular flexibility index (Phi) is 2.80. The molecule has 0 amide bonds. The summed E-state index contributed by atoms with van der Waals surface area (Å²) in [5, 5.41) is 4.69. The third-order valence-corrected chi connectivity index (χ3v) is 4.32. The molecule has 1 aliphatic rings. The molecular weight excluding hydrogens is 262 g/mol. The Labute approximate surface area is 123 Å². The Bertz CT molecular complexity index is 792. The third-order valence-electron chi connectivity index (χ3n) is 4.32. The third kappa shape index (κ3) is 2.04. The Morgan fingerprint density at radius 1 is 1.14 bits per heavy atom. The molecule has 3 aromatic heterocycles. The number of nitrogens with zero attached hydrogens (tertiary/aromatic N) is 4. The van der Waals surface area contributed by atoms with E-state index in [9.17, 15) is 0 Å². The van der Waals surface area contributed by atoms with E-state index in [1.807, 2.05) is 32.0 Å². The van der Waals surface area contributed by atoms with Gasteiger partial charge in [-0.3, -0.25) is 0 Å². The first kappa shape index (κ1) is 12.6. The van der Waals surface area contributed by atoms with Gasteiger partial charge in [-0.15, -0.1) is 0 Å². The molecule has 0 radical (unpaired) electrons. The topological polar surface area (TPSA) is 59.4 Å². The van der Waals surface area contributed by atoms with Crippen molar-refractivity contribution >= 4 is 11.2 Å². The minimum atomic E-state index is 0.503. The number of fused-ring (bicyclic) bond motifs is 1. The molecule has 0 spiro atoms. The summed E-state index contributed by atoms with van der Waals surface area (Å²) in [6, 6.07) is 6.51. The molecule has 1 aliphatic carbocycles. The predicted molar refractivity (Wildman–Crippen MR) is 82.1 cm³/mol. The normalized spacial score (nSPS) is 16.1. The van der Waals surface area contributed by atoms with E-state index in [-0.39, 0.29) is 0 Å². The van der Waals surface area contributed by atoms with Crippen molar-refractivity contribution in [2.75, 3.05) is 0 Å². The summed E-state index contributed by atoms with van der Waals surface area (Å²) in [5.74, 6) is 0.834. The molecule has 0 saturated heterocycles. The van der Waals surface area contributed by atoms with Crippen LogP contribution in [0.15, 0.2) is 18.2 Å². The number of aromatic amines is 1. The SMILES string of the molecule is Cc1cccc(-c2nc3c([nH]2)c(C)nn3C2CCCC2)n1. The van der Waals surface area contributed by atoms with Crippen LogP contribution in [0.4, 0.5) is 0 Å². The van der Waals surface area contributed by atoms with E-state index in [0.717, 1.165) is 34.1 Å². The number of pyridine rings is 1. The van der Waals surface area contributed by atoms with Gasteiger partial charge in [0.15, 0.2) is 11.5 Å². The zero-order chi connectivity index (χ0) is 14.4. The molecule has 5 nitrogen and oxygen atoms in total. The van der Waals surface area contributed by atoms with Gasteiger partial charge < -0.3 is 4.98 Å². The lowest BCUT2D eigenvalue weighted by Crippen LogP contribution is -2.07. The molecule has 0 aromatic carbocycles. The molecule has 0 unspecified atom stereocenters. The van der Waals surface area contributed by atoms with Gasteiger partial charge in [-0.05, 0) is 38.8 Å². The van der Waals surface area contributed by atoms with Crippen LogP contribution in [0.1, 0.15) is 43.1 Å². The average molecular weight is 281 g/mol. The smallest absolute Gasteiger partial charge is 0.177 e. The van der Waals surface area contributed by atoms with E-state index in [1.165, 1.54) is 25.7 Å². The Morgan fingerprint density at radius 2 is 1.95 bits per heavy atom. The molecule has 108 valence electrons. The van der Waals surface area contributed by atoms with Crippen molar-refractivity contribution in [2.24, 2.45) is 0 Å². The van der Waals surface area contributed by atoms with E-state index in [4.69, 9.17) is 4.98 Å². The van der Waals surface area contributed by atoms with E-state index in [0.29, 0.717) is 6.04 Å². The minimum Gasteiger partial charge on any atom is -0.334 e. The standard InChI is InChI=1S/C16H19N5/c1-10-6-5-9-13(17-10)15-18-14-11(2)20-21(16(14)19-15)12-7-3-4-8-12/h5-6,9,12H,3-4,7-8H2,1-2H3,(H,18,19). The highest BCUT2D eigenvalue weighted by atomic mass is 15.3. The van der Waals surface area contributed by atoms with Gasteiger partial charge in [-0.25, -0.2) is 14.6 Å². The lowest BCUT2D eigenvalue weighted by Gasteiger charge is -2.09. The molecule has 5 heteroatoms. The molecule has 1 N–H and O–H groups in total. The van der Waals surface area contributed by atoms with Crippen LogP contribution in [-0.4, -0.2) is 24.7 Å². The molecule has 1 saturated carbocycles. The lowest BCUT2D eigenvalue weighted by molar-refractivity contribution is 0.476. The predicted octanol–water partition coefficient (Wildman–Crippen LogP) is 3.55. The maximum atomic E-state index is 4.77. The van der Waals surface area contributed by atoms with Gasteiger partial charge in [0, 0.05) is 5.69 Å². The van der Waals surface area contributed by atoms with Crippen molar-refractivity contribution in [3.63, 3.8) is 0 Å². The van der Waals surface area contributed by atoms with Gasteiger partial charge in [0.05, 0.1) is 11.7 Å². The zero-order valence-corrected chi connectivity index (χ0v) is 12.4. The maximum absolute atomic E-state index is 4.77. The second kappa shape index (κ2) is 4.69. The highest BCUT2D eigenvalue weighted by Gasteiger charge is 2.23. The van der Waals surface area contributed by atoms with E-state index in [1.54, 1.807) is 0 Å². The van der Waals surface area contributed by atoms with Crippen LogP contribution in [0.5, 0.6) is 0 Å². The van der Waals surface area contributed by atoms with Crippen LogP contribution in [0, 0.1) is 13.8 Å². The quantitative estimate of drug-likeness (QED) is 0.781. The van der Waals surface area contributed by atoms with Gasteiger partial charge in [0.2, 0.25) is 0 Å². The van der Waals surface area contributed by atoms with Crippen molar-refractivity contribution in [3.8, 4) is 11.5 Å². The van der Waals surface area contributed by atoms with Gasteiger partial charge >= 0.3 is 0 Å². The molecule has 0 bridgehead atoms. The summed E-state index contributed by atoms with van der Waals surface area (Å²) in [6.45, 7) is 4.04. The van der Waals surface area contributed by atoms with Crippen molar-refractivity contribution in [1.29, 1.82) is 0 Å². The highest BCUT2D eigenvalue weighted by Crippen LogP contribution is 2.32. The number of rotatable bonds is 2. The van der Waals surface area contributed by atoms with Gasteiger partial charge in [-0.1, -0.05) is 18.9 Å². The Balaban J connectivity index is 1.84. The van der Waals surface area contributed by atoms with Crippen LogP contribution in [0.3, 0.4) is 0 Å². The second-order valence-corrected chi connectivity index (χ2v) is 5.92. The number of H-pyrrole nitrogens is 1.